The highest BCUT2D eigenvalue weighted by atomic mass is 16.7. The zero-order valence-electron chi connectivity index (χ0n) is 27.4. The number of imidazole rings is 1. The van der Waals surface area contributed by atoms with Crippen LogP contribution in [0.3, 0.4) is 0 Å². The van der Waals surface area contributed by atoms with E-state index in [2.05, 4.69) is 15.0 Å². The number of aromatic nitrogens is 4. The van der Waals surface area contributed by atoms with Crippen molar-refractivity contribution in [2.75, 3.05) is 35.0 Å². The number of methoxy groups -OCH3 is 4. The lowest BCUT2D eigenvalue weighted by atomic mass is 10.1. The lowest BCUT2D eigenvalue weighted by Gasteiger charge is -2.25. The Morgan fingerprint density at radius 2 is 1.14 bits per heavy atom. The Hall–Kier alpha value is -6.22. The van der Waals surface area contributed by atoms with E-state index in [-0.39, 0.29) is 34.8 Å². The molecule has 0 unspecified atom stereocenters. The number of hydrogen-bond acceptors (Lipinski definition) is 14. The van der Waals surface area contributed by atoms with Gasteiger partial charge in [0.25, 0.3) is 0 Å². The standard InChI is InChI=1S/C35H32N4O11/c1-43-23-11-5-20(6-12-23)33(40)47-17-26-28(49-34(41)21-7-13-24(44-2)14-8-21)29(50-35(42)22-9-15-25(45-3)16-10-22)32(48-26)39-19-38-27-30(39)36-18-37-31(27)46-4/h5-16,18-19,26,28-29,32H,17H2,1-4H3/t26-,28-,29+,32-/m1/s1. The zero-order chi connectivity index (χ0) is 35.2. The van der Waals surface area contributed by atoms with Crippen molar-refractivity contribution in [3.63, 3.8) is 0 Å². The summed E-state index contributed by atoms with van der Waals surface area (Å²) in [5.74, 6) is -0.341. The van der Waals surface area contributed by atoms with Gasteiger partial charge in [-0.3, -0.25) is 4.57 Å². The van der Waals surface area contributed by atoms with E-state index in [4.69, 9.17) is 37.9 Å². The molecule has 0 aliphatic carbocycles. The highest BCUT2D eigenvalue weighted by Gasteiger charge is 2.52. The molecule has 258 valence electrons. The van der Waals surface area contributed by atoms with E-state index in [0.29, 0.717) is 22.8 Å². The van der Waals surface area contributed by atoms with Crippen molar-refractivity contribution in [2.24, 2.45) is 0 Å². The Bertz CT molecular complexity index is 1960. The minimum Gasteiger partial charge on any atom is -0.497 e. The number of ether oxygens (including phenoxy) is 8. The van der Waals surface area contributed by atoms with Gasteiger partial charge in [-0.1, -0.05) is 0 Å². The Balaban J connectivity index is 1.37. The second-order valence-corrected chi connectivity index (χ2v) is 10.8. The van der Waals surface area contributed by atoms with Crippen LogP contribution in [0.2, 0.25) is 0 Å². The molecule has 2 aromatic heterocycles. The molecule has 1 aliphatic rings. The van der Waals surface area contributed by atoms with E-state index in [1.165, 1.54) is 69.9 Å². The predicted octanol–water partition coefficient (Wildman–Crippen LogP) is 4.07. The molecule has 50 heavy (non-hydrogen) atoms. The molecule has 5 aromatic rings. The van der Waals surface area contributed by atoms with Gasteiger partial charge in [-0.2, -0.15) is 4.98 Å². The van der Waals surface area contributed by atoms with Gasteiger partial charge in [0, 0.05) is 0 Å². The average Bonchev–Trinajstić information content (AvgIpc) is 3.74. The number of esters is 3. The number of hydrogen-bond donors (Lipinski definition) is 0. The fourth-order valence-corrected chi connectivity index (χ4v) is 5.31. The number of nitrogens with zero attached hydrogens (tertiary/aromatic N) is 4. The van der Waals surface area contributed by atoms with Crippen LogP contribution in [0.5, 0.6) is 23.1 Å². The fraction of sp³-hybridized carbons (Fsp3) is 0.257. The number of carbonyl (C=O) groups excluding carboxylic acids is 3. The quantitative estimate of drug-likeness (QED) is 0.136. The normalized spacial score (nSPS) is 18.2. The number of rotatable bonds is 12. The summed E-state index contributed by atoms with van der Waals surface area (Å²) in [5, 5.41) is 0. The predicted molar refractivity (Wildman–Crippen MR) is 173 cm³/mol. The largest absolute Gasteiger partial charge is 0.497 e. The molecule has 15 nitrogen and oxygen atoms in total. The van der Waals surface area contributed by atoms with E-state index >= 15 is 0 Å². The molecule has 0 amide bonds. The number of carbonyl (C=O) groups is 3. The molecule has 1 aliphatic heterocycles. The second-order valence-electron chi connectivity index (χ2n) is 10.8. The Labute approximate surface area is 285 Å². The van der Waals surface area contributed by atoms with Crippen molar-refractivity contribution in [3.05, 3.63) is 102 Å². The molecule has 15 heteroatoms. The monoisotopic (exact) mass is 684 g/mol. The van der Waals surface area contributed by atoms with Gasteiger partial charge in [0.05, 0.1) is 51.5 Å². The Morgan fingerprint density at radius 3 is 1.64 bits per heavy atom. The van der Waals surface area contributed by atoms with Crippen LogP contribution in [-0.2, 0) is 18.9 Å². The van der Waals surface area contributed by atoms with E-state index < -0.39 is 42.4 Å². The average molecular weight is 685 g/mol. The maximum atomic E-state index is 13.6. The molecule has 1 saturated heterocycles. The number of fused-ring (bicyclic) bond motifs is 1. The van der Waals surface area contributed by atoms with E-state index in [0.717, 1.165) is 0 Å². The molecule has 4 atom stereocenters. The Morgan fingerprint density at radius 1 is 0.640 bits per heavy atom. The summed E-state index contributed by atoms with van der Waals surface area (Å²) in [6.07, 6.45) is -2.19. The van der Waals surface area contributed by atoms with E-state index in [1.54, 1.807) is 48.5 Å². The first-order chi connectivity index (χ1) is 24.3. The molecule has 6 rings (SSSR count). The molecular weight excluding hydrogens is 652 g/mol. The molecule has 0 saturated carbocycles. The lowest BCUT2D eigenvalue weighted by molar-refractivity contribution is -0.0606. The molecular formula is C35H32N4O11. The Kier molecular flexibility index (Phi) is 10.0. The summed E-state index contributed by atoms with van der Waals surface area (Å²) in [4.78, 5) is 53.1. The van der Waals surface area contributed by atoms with E-state index in [9.17, 15) is 14.4 Å². The first-order valence-electron chi connectivity index (χ1n) is 15.2. The van der Waals surface area contributed by atoms with Gasteiger partial charge in [0.1, 0.15) is 36.3 Å². The second kappa shape index (κ2) is 14.9. The smallest absolute Gasteiger partial charge is 0.338 e. The van der Waals surface area contributed by atoms with Crippen molar-refractivity contribution in [3.8, 4) is 23.1 Å². The maximum Gasteiger partial charge on any atom is 0.338 e. The molecule has 0 N–H and O–H groups in total. The van der Waals surface area contributed by atoms with Crippen molar-refractivity contribution in [1.82, 2.24) is 19.5 Å². The van der Waals surface area contributed by atoms with Crippen molar-refractivity contribution in [1.29, 1.82) is 0 Å². The van der Waals surface area contributed by atoms with Gasteiger partial charge in [0.15, 0.2) is 29.6 Å². The van der Waals surface area contributed by atoms with Crippen LogP contribution in [0, 0.1) is 0 Å². The minimum absolute atomic E-state index is 0.189. The van der Waals surface area contributed by atoms with Crippen molar-refractivity contribution < 1.29 is 52.3 Å². The molecule has 0 bridgehead atoms. The summed E-state index contributed by atoms with van der Waals surface area (Å²) in [7, 11) is 5.96. The van der Waals surface area contributed by atoms with Crippen molar-refractivity contribution >= 4 is 29.1 Å². The highest BCUT2D eigenvalue weighted by Crippen LogP contribution is 2.37. The molecule has 3 aromatic carbocycles. The third-order valence-corrected chi connectivity index (χ3v) is 7.92. The SMILES string of the molecule is COc1ccc(C(=O)OC[C@H]2O[C@@H](n3cnc4c(OC)ncnc43)[C@@H](OC(=O)c3ccc(OC)cc3)[C@@H]2OC(=O)c2ccc(OC)cc2)cc1. The van der Waals surface area contributed by atoms with Gasteiger partial charge < -0.3 is 37.9 Å². The van der Waals surface area contributed by atoms with Gasteiger partial charge in [-0.05, 0) is 72.8 Å². The van der Waals surface area contributed by atoms with Crippen LogP contribution in [-0.4, -0.2) is 90.8 Å². The first-order valence-corrected chi connectivity index (χ1v) is 15.2. The van der Waals surface area contributed by atoms with Crippen LogP contribution in [0.1, 0.15) is 37.3 Å². The maximum absolute atomic E-state index is 13.6. The van der Waals surface area contributed by atoms with E-state index in [1.807, 2.05) is 0 Å². The third kappa shape index (κ3) is 6.98. The summed E-state index contributed by atoms with van der Waals surface area (Å²) in [6.45, 7) is -0.385. The number of benzene rings is 3. The van der Waals surface area contributed by atoms with Gasteiger partial charge >= 0.3 is 17.9 Å². The van der Waals surface area contributed by atoms with Crippen LogP contribution in [0.15, 0.2) is 85.5 Å². The van der Waals surface area contributed by atoms with Crippen LogP contribution in [0.4, 0.5) is 0 Å². The summed E-state index contributed by atoms with van der Waals surface area (Å²) in [6, 6.07) is 18.9. The lowest BCUT2D eigenvalue weighted by Crippen LogP contribution is -2.41. The summed E-state index contributed by atoms with van der Waals surface area (Å²) >= 11 is 0. The van der Waals surface area contributed by atoms with Crippen LogP contribution >= 0.6 is 0 Å². The molecule has 3 heterocycles. The van der Waals surface area contributed by atoms with Crippen molar-refractivity contribution in [2.45, 2.75) is 24.5 Å². The molecule has 0 radical (unpaired) electrons. The van der Waals surface area contributed by atoms with Gasteiger partial charge in [-0.15, -0.1) is 0 Å². The first kappa shape index (κ1) is 33.7. The van der Waals surface area contributed by atoms with Gasteiger partial charge in [-0.25, -0.2) is 24.4 Å². The van der Waals surface area contributed by atoms with Gasteiger partial charge in [0.2, 0.25) is 5.88 Å². The fourth-order valence-electron chi connectivity index (χ4n) is 5.31. The molecule has 1 fully saturated rings. The molecule has 0 spiro atoms. The zero-order valence-corrected chi connectivity index (χ0v) is 27.4. The topological polar surface area (TPSA) is 169 Å². The minimum atomic E-state index is -1.30. The summed E-state index contributed by atoms with van der Waals surface area (Å²) in [5.41, 5.74) is 1.22. The summed E-state index contributed by atoms with van der Waals surface area (Å²) < 4.78 is 46.6. The van der Waals surface area contributed by atoms with Crippen LogP contribution in [0.25, 0.3) is 11.2 Å². The third-order valence-electron chi connectivity index (χ3n) is 7.92. The van der Waals surface area contributed by atoms with Crippen LogP contribution < -0.4 is 18.9 Å². The highest BCUT2D eigenvalue weighted by molar-refractivity contribution is 5.91.